The third-order valence-corrected chi connectivity index (χ3v) is 6.02. The summed E-state index contributed by atoms with van der Waals surface area (Å²) in [6.07, 6.45) is 0.335. The molecule has 4 aliphatic rings. The van der Waals surface area contributed by atoms with Gasteiger partial charge in [0.25, 0.3) is 0 Å². The number of fused-ring (bicyclic) bond motifs is 1. The fourth-order valence-corrected chi connectivity index (χ4v) is 5.01. The number of hydrogen-bond donors (Lipinski definition) is 0. The molecular formula is C21H17NO4. The van der Waals surface area contributed by atoms with Crippen molar-refractivity contribution in [2.45, 2.75) is 18.3 Å². The Bertz CT molecular complexity index is 966. The van der Waals surface area contributed by atoms with E-state index < -0.39 is 17.8 Å². The second kappa shape index (κ2) is 5.27. The SMILES string of the molecule is COc1ccccc1N1C(=O)[C@H]2[C@H](C1=O)[C@H]1C(=O)C[C@H]2c2ccccc21. The van der Waals surface area contributed by atoms with Crippen molar-refractivity contribution in [3.63, 3.8) is 0 Å². The van der Waals surface area contributed by atoms with Gasteiger partial charge in [0.1, 0.15) is 11.5 Å². The van der Waals surface area contributed by atoms with Gasteiger partial charge in [-0.15, -0.1) is 0 Å². The number of benzene rings is 2. The zero-order valence-corrected chi connectivity index (χ0v) is 14.2. The Balaban J connectivity index is 1.67. The Morgan fingerprint density at radius 2 is 1.54 bits per heavy atom. The largest absolute Gasteiger partial charge is 0.495 e. The molecule has 0 aromatic heterocycles. The van der Waals surface area contributed by atoms with Gasteiger partial charge in [-0.2, -0.15) is 0 Å². The maximum atomic E-state index is 13.3. The summed E-state index contributed by atoms with van der Waals surface area (Å²) < 4.78 is 5.35. The number of ether oxygens (including phenoxy) is 1. The lowest BCUT2D eigenvalue weighted by molar-refractivity contribution is -0.134. The van der Waals surface area contributed by atoms with E-state index >= 15 is 0 Å². The van der Waals surface area contributed by atoms with Crippen molar-refractivity contribution < 1.29 is 19.1 Å². The van der Waals surface area contributed by atoms with Crippen LogP contribution in [-0.4, -0.2) is 24.7 Å². The molecule has 1 heterocycles. The monoisotopic (exact) mass is 347 g/mol. The predicted octanol–water partition coefficient (Wildman–Crippen LogP) is 2.65. The second-order valence-electron chi connectivity index (χ2n) is 7.12. The van der Waals surface area contributed by atoms with E-state index in [0.717, 1.165) is 11.1 Å². The standard InChI is InChI=1S/C21H17NO4/c1-26-16-9-5-4-8-14(16)22-20(24)18-13-10-15(23)17(19(18)21(22)25)12-7-3-2-6-11(12)13/h2-9,13,17-19H,10H2,1H3/t13-,17+,18+,19+/m0/s1. The van der Waals surface area contributed by atoms with Crippen LogP contribution in [-0.2, 0) is 14.4 Å². The van der Waals surface area contributed by atoms with Crippen LogP contribution in [0, 0.1) is 11.8 Å². The molecule has 0 N–H and O–H groups in total. The zero-order valence-electron chi connectivity index (χ0n) is 14.2. The molecule has 26 heavy (non-hydrogen) atoms. The van der Waals surface area contributed by atoms with Crippen LogP contribution in [0.1, 0.15) is 29.4 Å². The molecule has 2 bridgehead atoms. The average Bonchev–Trinajstić information content (AvgIpc) is 2.93. The molecular weight excluding hydrogens is 330 g/mol. The summed E-state index contributed by atoms with van der Waals surface area (Å²) in [6, 6.07) is 14.7. The minimum Gasteiger partial charge on any atom is -0.495 e. The molecule has 4 atom stereocenters. The number of imide groups is 1. The van der Waals surface area contributed by atoms with Gasteiger partial charge in [-0.1, -0.05) is 36.4 Å². The first-order valence-corrected chi connectivity index (χ1v) is 8.76. The molecule has 6 rings (SSSR count). The molecule has 1 saturated carbocycles. The molecule has 130 valence electrons. The number of ketones is 1. The van der Waals surface area contributed by atoms with Gasteiger partial charge < -0.3 is 4.74 Å². The Hall–Kier alpha value is -2.95. The highest BCUT2D eigenvalue weighted by Gasteiger charge is 2.62. The van der Waals surface area contributed by atoms with Crippen molar-refractivity contribution in [3.8, 4) is 5.75 Å². The smallest absolute Gasteiger partial charge is 0.238 e. The molecule has 0 unspecified atom stereocenters. The summed E-state index contributed by atoms with van der Waals surface area (Å²) in [5, 5.41) is 0. The summed E-state index contributed by atoms with van der Waals surface area (Å²) in [6.45, 7) is 0. The summed E-state index contributed by atoms with van der Waals surface area (Å²) in [4.78, 5) is 40.4. The zero-order chi connectivity index (χ0) is 18.0. The number of Topliss-reactive ketones (excluding diaryl/α,β-unsaturated/α-hetero) is 1. The summed E-state index contributed by atoms with van der Waals surface area (Å²) >= 11 is 0. The maximum Gasteiger partial charge on any atom is 0.238 e. The van der Waals surface area contributed by atoms with Crippen LogP contribution in [0.3, 0.4) is 0 Å². The molecule has 0 spiro atoms. The maximum absolute atomic E-state index is 13.3. The molecule has 1 saturated heterocycles. The van der Waals surface area contributed by atoms with Crippen molar-refractivity contribution >= 4 is 23.3 Å². The number of para-hydroxylation sites is 2. The lowest BCUT2D eigenvalue weighted by Gasteiger charge is -2.43. The highest BCUT2D eigenvalue weighted by Crippen LogP contribution is 2.58. The van der Waals surface area contributed by atoms with E-state index in [4.69, 9.17) is 4.74 Å². The summed E-state index contributed by atoms with van der Waals surface area (Å²) in [7, 11) is 1.51. The number of carbonyl (C=O) groups excluding carboxylic acids is 3. The number of methoxy groups -OCH3 is 1. The molecule has 0 radical (unpaired) electrons. The van der Waals surface area contributed by atoms with Crippen molar-refractivity contribution in [1.29, 1.82) is 0 Å². The molecule has 2 aromatic carbocycles. The van der Waals surface area contributed by atoms with Crippen LogP contribution < -0.4 is 9.64 Å². The Morgan fingerprint density at radius 1 is 0.885 bits per heavy atom. The Morgan fingerprint density at radius 3 is 2.31 bits per heavy atom. The highest BCUT2D eigenvalue weighted by molar-refractivity contribution is 6.25. The second-order valence-corrected chi connectivity index (χ2v) is 7.12. The van der Waals surface area contributed by atoms with Crippen molar-refractivity contribution in [2.24, 2.45) is 11.8 Å². The minimum absolute atomic E-state index is 0.0676. The van der Waals surface area contributed by atoms with E-state index in [1.807, 2.05) is 24.3 Å². The van der Waals surface area contributed by atoms with Crippen molar-refractivity contribution in [3.05, 3.63) is 59.7 Å². The van der Waals surface area contributed by atoms with Crippen LogP contribution >= 0.6 is 0 Å². The first kappa shape index (κ1) is 15.3. The van der Waals surface area contributed by atoms with Gasteiger partial charge in [0.05, 0.1) is 30.6 Å². The quantitative estimate of drug-likeness (QED) is 0.784. The lowest BCUT2D eigenvalue weighted by atomic mass is 9.56. The number of anilines is 1. The van der Waals surface area contributed by atoms with Gasteiger partial charge in [0, 0.05) is 12.3 Å². The van der Waals surface area contributed by atoms with Crippen molar-refractivity contribution in [1.82, 2.24) is 0 Å². The molecule has 2 aromatic rings. The Labute approximate surface area is 150 Å². The summed E-state index contributed by atoms with van der Waals surface area (Å²) in [5.74, 6) is -1.77. The third kappa shape index (κ3) is 1.77. The van der Waals surface area contributed by atoms with Crippen LogP contribution in [0.5, 0.6) is 5.75 Å². The number of nitrogens with zero attached hydrogens (tertiary/aromatic N) is 1. The molecule has 1 aliphatic heterocycles. The van der Waals surface area contributed by atoms with Gasteiger partial charge in [-0.25, -0.2) is 4.90 Å². The van der Waals surface area contributed by atoms with Crippen LogP contribution in [0.2, 0.25) is 0 Å². The van der Waals surface area contributed by atoms with Gasteiger partial charge in [0.15, 0.2) is 0 Å². The van der Waals surface area contributed by atoms with E-state index in [1.165, 1.54) is 12.0 Å². The van der Waals surface area contributed by atoms with E-state index in [9.17, 15) is 14.4 Å². The molecule has 2 fully saturated rings. The number of hydrogen-bond acceptors (Lipinski definition) is 4. The first-order valence-electron chi connectivity index (χ1n) is 8.76. The van der Waals surface area contributed by atoms with Crippen LogP contribution in [0.4, 0.5) is 5.69 Å². The van der Waals surface area contributed by atoms with Crippen LogP contribution in [0.25, 0.3) is 0 Å². The average molecular weight is 347 g/mol. The molecule has 5 heteroatoms. The normalized spacial score (nSPS) is 29.0. The van der Waals surface area contributed by atoms with Gasteiger partial charge >= 0.3 is 0 Å². The minimum atomic E-state index is -0.603. The van der Waals surface area contributed by atoms with Gasteiger partial charge in [0.2, 0.25) is 11.8 Å². The number of rotatable bonds is 2. The fourth-order valence-electron chi connectivity index (χ4n) is 5.01. The van der Waals surface area contributed by atoms with Crippen molar-refractivity contribution in [2.75, 3.05) is 12.0 Å². The van der Waals surface area contributed by atoms with Gasteiger partial charge in [-0.3, -0.25) is 14.4 Å². The van der Waals surface area contributed by atoms with E-state index in [0.29, 0.717) is 17.9 Å². The Kier molecular flexibility index (Phi) is 3.11. The van der Waals surface area contributed by atoms with Crippen LogP contribution in [0.15, 0.2) is 48.5 Å². The fraction of sp³-hybridized carbons (Fsp3) is 0.286. The van der Waals surface area contributed by atoms with E-state index in [-0.39, 0.29) is 23.5 Å². The van der Waals surface area contributed by atoms with E-state index in [2.05, 4.69) is 0 Å². The molecule has 5 nitrogen and oxygen atoms in total. The number of amides is 2. The molecule has 2 amide bonds. The first-order chi connectivity index (χ1) is 12.6. The van der Waals surface area contributed by atoms with E-state index in [1.54, 1.807) is 24.3 Å². The molecule has 3 aliphatic carbocycles. The topological polar surface area (TPSA) is 63.7 Å². The predicted molar refractivity (Wildman–Crippen MR) is 94.0 cm³/mol. The number of carbonyl (C=O) groups is 3. The summed E-state index contributed by atoms with van der Waals surface area (Å²) in [5.41, 5.74) is 2.41. The third-order valence-electron chi connectivity index (χ3n) is 6.02. The highest BCUT2D eigenvalue weighted by atomic mass is 16.5. The lowest BCUT2D eigenvalue weighted by Crippen LogP contribution is -2.44. The van der Waals surface area contributed by atoms with Gasteiger partial charge in [-0.05, 0) is 23.3 Å².